The van der Waals surface area contributed by atoms with E-state index < -0.39 is 11.5 Å². The standard InChI is InChI=1S/C15H20N4O2/c1-10(19-8-7-15(16,9-19)14(20)21)13-17-11-5-3-4-6-12(11)18(13)2/h3-6,10H,7-9,16H2,1-2H3,(H,20,21). The summed E-state index contributed by atoms with van der Waals surface area (Å²) in [7, 11) is 1.99. The first-order valence-electron chi connectivity index (χ1n) is 7.10. The van der Waals surface area contributed by atoms with Crippen molar-refractivity contribution in [1.82, 2.24) is 14.5 Å². The monoisotopic (exact) mass is 288 g/mol. The van der Waals surface area contributed by atoms with Gasteiger partial charge in [-0.2, -0.15) is 0 Å². The molecule has 3 N–H and O–H groups in total. The summed E-state index contributed by atoms with van der Waals surface area (Å²) in [6.45, 7) is 3.08. The molecule has 6 heteroatoms. The van der Waals surface area contributed by atoms with E-state index in [1.54, 1.807) is 0 Å². The van der Waals surface area contributed by atoms with Crippen LogP contribution in [-0.2, 0) is 11.8 Å². The molecule has 2 atom stereocenters. The number of hydrogen-bond donors (Lipinski definition) is 2. The summed E-state index contributed by atoms with van der Waals surface area (Å²) in [6, 6.07) is 8.01. The van der Waals surface area contributed by atoms with Crippen molar-refractivity contribution in [2.45, 2.75) is 24.9 Å². The van der Waals surface area contributed by atoms with Crippen molar-refractivity contribution in [3.63, 3.8) is 0 Å². The lowest BCUT2D eigenvalue weighted by Gasteiger charge is -2.25. The molecule has 1 aliphatic heterocycles. The Morgan fingerprint density at radius 1 is 1.48 bits per heavy atom. The van der Waals surface area contributed by atoms with Crippen LogP contribution in [0.1, 0.15) is 25.2 Å². The number of carbonyl (C=O) groups is 1. The van der Waals surface area contributed by atoms with Crippen LogP contribution in [0.3, 0.4) is 0 Å². The van der Waals surface area contributed by atoms with Crippen LogP contribution in [0.15, 0.2) is 24.3 Å². The number of aryl methyl sites for hydroxylation is 1. The van der Waals surface area contributed by atoms with E-state index in [0.29, 0.717) is 19.5 Å². The minimum absolute atomic E-state index is 0.0344. The van der Waals surface area contributed by atoms with Crippen molar-refractivity contribution in [2.24, 2.45) is 12.8 Å². The highest BCUT2D eigenvalue weighted by Crippen LogP contribution is 2.29. The number of fused-ring (bicyclic) bond motifs is 1. The Labute approximate surface area is 123 Å². The average Bonchev–Trinajstić information content (AvgIpc) is 3.01. The average molecular weight is 288 g/mol. The minimum atomic E-state index is -1.14. The predicted octanol–water partition coefficient (Wildman–Crippen LogP) is 1.12. The number of para-hydroxylation sites is 2. The lowest BCUT2D eigenvalue weighted by Crippen LogP contribution is -2.50. The predicted molar refractivity (Wildman–Crippen MR) is 79.9 cm³/mol. The Morgan fingerprint density at radius 2 is 2.19 bits per heavy atom. The lowest BCUT2D eigenvalue weighted by molar-refractivity contribution is -0.142. The molecule has 0 spiro atoms. The third-order valence-electron chi connectivity index (χ3n) is 4.50. The summed E-state index contributed by atoms with van der Waals surface area (Å²) in [4.78, 5) is 18.0. The zero-order valence-electron chi connectivity index (χ0n) is 12.3. The van der Waals surface area contributed by atoms with Crippen LogP contribution in [0.4, 0.5) is 0 Å². The number of benzene rings is 1. The Hall–Kier alpha value is -1.92. The summed E-state index contributed by atoms with van der Waals surface area (Å²) >= 11 is 0. The van der Waals surface area contributed by atoms with Gasteiger partial charge in [0.2, 0.25) is 0 Å². The maximum absolute atomic E-state index is 11.3. The van der Waals surface area contributed by atoms with E-state index in [1.165, 1.54) is 0 Å². The molecule has 0 radical (unpaired) electrons. The number of nitrogens with zero attached hydrogens (tertiary/aromatic N) is 3. The molecule has 0 saturated carbocycles. The largest absolute Gasteiger partial charge is 0.480 e. The number of nitrogens with two attached hydrogens (primary N) is 1. The van der Waals surface area contributed by atoms with E-state index in [4.69, 9.17) is 5.73 Å². The normalized spacial score (nSPS) is 24.5. The Kier molecular flexibility index (Phi) is 3.22. The SMILES string of the molecule is CC(c1nc2ccccc2n1C)N1CCC(N)(C(=O)O)C1. The molecule has 3 rings (SSSR count). The van der Waals surface area contributed by atoms with E-state index in [9.17, 15) is 9.90 Å². The first kappa shape index (κ1) is 14.0. The molecule has 2 unspecified atom stereocenters. The van der Waals surface area contributed by atoms with Crippen LogP contribution in [0.25, 0.3) is 11.0 Å². The van der Waals surface area contributed by atoms with Crippen LogP contribution in [0.5, 0.6) is 0 Å². The van der Waals surface area contributed by atoms with Crippen LogP contribution in [0, 0.1) is 0 Å². The van der Waals surface area contributed by atoms with Gasteiger partial charge in [-0.15, -0.1) is 0 Å². The highest BCUT2D eigenvalue weighted by atomic mass is 16.4. The van der Waals surface area contributed by atoms with Gasteiger partial charge in [-0.25, -0.2) is 4.98 Å². The first-order valence-corrected chi connectivity index (χ1v) is 7.10. The number of aromatic nitrogens is 2. The molecule has 1 saturated heterocycles. The van der Waals surface area contributed by atoms with E-state index in [-0.39, 0.29) is 6.04 Å². The smallest absolute Gasteiger partial charge is 0.325 e. The topological polar surface area (TPSA) is 84.4 Å². The number of aliphatic carboxylic acids is 1. The lowest BCUT2D eigenvalue weighted by atomic mass is 10.0. The summed E-state index contributed by atoms with van der Waals surface area (Å²) in [5.41, 5.74) is 6.85. The Bertz CT molecular complexity index is 696. The minimum Gasteiger partial charge on any atom is -0.480 e. The third-order valence-corrected chi connectivity index (χ3v) is 4.50. The number of imidazole rings is 1. The van der Waals surface area contributed by atoms with Gasteiger partial charge in [0.15, 0.2) is 0 Å². The quantitative estimate of drug-likeness (QED) is 0.884. The molecule has 0 bridgehead atoms. The zero-order valence-corrected chi connectivity index (χ0v) is 12.3. The van der Waals surface area contributed by atoms with Gasteiger partial charge in [0.1, 0.15) is 11.4 Å². The van der Waals surface area contributed by atoms with Crippen LogP contribution < -0.4 is 5.73 Å². The molecule has 6 nitrogen and oxygen atoms in total. The van der Waals surface area contributed by atoms with E-state index in [1.807, 2.05) is 31.3 Å². The van der Waals surface area contributed by atoms with Gasteiger partial charge >= 0.3 is 5.97 Å². The fourth-order valence-electron chi connectivity index (χ4n) is 3.07. The second-order valence-electron chi connectivity index (χ2n) is 5.88. The second-order valence-corrected chi connectivity index (χ2v) is 5.88. The summed E-state index contributed by atoms with van der Waals surface area (Å²) in [5, 5.41) is 9.24. The Morgan fingerprint density at radius 3 is 2.81 bits per heavy atom. The molecule has 1 fully saturated rings. The molecule has 0 aliphatic carbocycles. The van der Waals surface area contributed by atoms with Gasteiger partial charge in [-0.3, -0.25) is 9.69 Å². The maximum atomic E-state index is 11.3. The second kappa shape index (κ2) is 4.82. The van der Waals surface area contributed by atoms with Gasteiger partial charge in [0, 0.05) is 20.1 Å². The van der Waals surface area contributed by atoms with Crippen LogP contribution >= 0.6 is 0 Å². The van der Waals surface area contributed by atoms with Crippen molar-refractivity contribution in [1.29, 1.82) is 0 Å². The van der Waals surface area contributed by atoms with Gasteiger partial charge in [0.05, 0.1) is 17.1 Å². The number of carboxylic acids is 1. The molecular weight excluding hydrogens is 268 g/mol. The van der Waals surface area contributed by atoms with E-state index >= 15 is 0 Å². The van der Waals surface area contributed by atoms with Gasteiger partial charge in [-0.05, 0) is 25.5 Å². The molecule has 112 valence electrons. The summed E-state index contributed by atoms with van der Waals surface area (Å²) in [5.74, 6) is 0.00744. The van der Waals surface area contributed by atoms with Crippen molar-refractivity contribution in [2.75, 3.05) is 13.1 Å². The molecule has 2 aromatic rings. The molecule has 1 aliphatic rings. The highest BCUT2D eigenvalue weighted by Gasteiger charge is 2.43. The molecule has 1 aromatic carbocycles. The van der Waals surface area contributed by atoms with Crippen LogP contribution in [0.2, 0.25) is 0 Å². The molecule has 21 heavy (non-hydrogen) atoms. The van der Waals surface area contributed by atoms with Gasteiger partial charge in [-0.1, -0.05) is 12.1 Å². The van der Waals surface area contributed by atoms with Gasteiger partial charge < -0.3 is 15.4 Å². The van der Waals surface area contributed by atoms with E-state index in [0.717, 1.165) is 16.9 Å². The van der Waals surface area contributed by atoms with Crippen LogP contribution in [-0.4, -0.2) is 44.2 Å². The molecule has 2 heterocycles. The number of likely N-dealkylation sites (tertiary alicyclic amines) is 1. The summed E-state index contributed by atoms with van der Waals surface area (Å²) in [6.07, 6.45) is 0.469. The maximum Gasteiger partial charge on any atom is 0.325 e. The summed E-state index contributed by atoms with van der Waals surface area (Å²) < 4.78 is 2.07. The fraction of sp³-hybridized carbons (Fsp3) is 0.467. The van der Waals surface area contributed by atoms with Crippen molar-refractivity contribution in [3.05, 3.63) is 30.1 Å². The van der Waals surface area contributed by atoms with Crippen molar-refractivity contribution in [3.8, 4) is 0 Å². The molecule has 0 amide bonds. The fourth-order valence-corrected chi connectivity index (χ4v) is 3.07. The Balaban J connectivity index is 1.90. The van der Waals surface area contributed by atoms with Crippen molar-refractivity contribution < 1.29 is 9.90 Å². The third kappa shape index (κ3) is 2.20. The van der Waals surface area contributed by atoms with E-state index in [2.05, 4.69) is 21.4 Å². The number of carboxylic acid groups (broad SMARTS) is 1. The first-order chi connectivity index (χ1) is 9.92. The number of hydrogen-bond acceptors (Lipinski definition) is 4. The molecular formula is C15H20N4O2. The van der Waals surface area contributed by atoms with Gasteiger partial charge in [0.25, 0.3) is 0 Å². The molecule has 1 aromatic heterocycles. The van der Waals surface area contributed by atoms with Crippen molar-refractivity contribution >= 4 is 17.0 Å². The number of rotatable bonds is 3. The zero-order chi connectivity index (χ0) is 15.2. The highest BCUT2D eigenvalue weighted by molar-refractivity contribution is 5.79.